The maximum atomic E-state index is 11.5. The maximum Gasteiger partial charge on any atom is 0.331 e. The predicted octanol–water partition coefficient (Wildman–Crippen LogP) is 2.05. The normalized spacial score (nSPS) is 10.2. The van der Waals surface area contributed by atoms with Crippen molar-refractivity contribution in [3.8, 4) is 0 Å². The van der Waals surface area contributed by atoms with Crippen LogP contribution in [-0.2, 0) is 23.9 Å². The molecule has 1 amide bonds. The van der Waals surface area contributed by atoms with Crippen molar-refractivity contribution in [2.24, 2.45) is 0 Å². The van der Waals surface area contributed by atoms with Crippen LogP contribution >= 0.6 is 15.9 Å². The number of ether oxygens (including phenoxy) is 2. The van der Waals surface area contributed by atoms with Crippen LogP contribution in [0.5, 0.6) is 0 Å². The van der Waals surface area contributed by atoms with E-state index in [0.29, 0.717) is 5.69 Å². The van der Waals surface area contributed by atoms with Gasteiger partial charge in [0.15, 0.2) is 6.61 Å². The first kappa shape index (κ1) is 16.9. The SMILES string of the molecule is CCOC(=O)/C=C/C(=O)OCC(=O)Nc1cccc(Br)c1. The zero-order valence-electron chi connectivity index (χ0n) is 11.3. The fraction of sp³-hybridized carbons (Fsp3) is 0.214. The number of hydrogen-bond donors (Lipinski definition) is 1. The Kier molecular flexibility index (Phi) is 7.17. The van der Waals surface area contributed by atoms with E-state index in [-0.39, 0.29) is 6.61 Å². The molecule has 0 atom stereocenters. The summed E-state index contributed by atoms with van der Waals surface area (Å²) in [5.41, 5.74) is 0.576. The number of anilines is 1. The molecule has 6 nitrogen and oxygen atoms in total. The molecule has 1 N–H and O–H groups in total. The van der Waals surface area contributed by atoms with Gasteiger partial charge >= 0.3 is 11.9 Å². The van der Waals surface area contributed by atoms with Gasteiger partial charge in [-0.2, -0.15) is 0 Å². The second-order valence-electron chi connectivity index (χ2n) is 3.75. The summed E-state index contributed by atoms with van der Waals surface area (Å²) in [5.74, 6) is -1.92. The van der Waals surface area contributed by atoms with Gasteiger partial charge in [-0.1, -0.05) is 22.0 Å². The van der Waals surface area contributed by atoms with Crippen molar-refractivity contribution in [1.29, 1.82) is 0 Å². The highest BCUT2D eigenvalue weighted by Crippen LogP contribution is 2.15. The summed E-state index contributed by atoms with van der Waals surface area (Å²) in [6, 6.07) is 6.98. The second-order valence-corrected chi connectivity index (χ2v) is 4.67. The monoisotopic (exact) mass is 355 g/mol. The molecule has 0 bridgehead atoms. The minimum Gasteiger partial charge on any atom is -0.463 e. The van der Waals surface area contributed by atoms with Crippen LogP contribution < -0.4 is 5.32 Å². The van der Waals surface area contributed by atoms with Crippen molar-refractivity contribution in [2.75, 3.05) is 18.5 Å². The molecule has 7 heteroatoms. The molecule has 0 unspecified atom stereocenters. The second kappa shape index (κ2) is 8.91. The van der Waals surface area contributed by atoms with Gasteiger partial charge in [0.05, 0.1) is 6.61 Å². The van der Waals surface area contributed by atoms with Crippen LogP contribution in [0.3, 0.4) is 0 Å². The van der Waals surface area contributed by atoms with E-state index < -0.39 is 24.5 Å². The third-order valence-electron chi connectivity index (χ3n) is 2.10. The van der Waals surface area contributed by atoms with Crippen LogP contribution in [0, 0.1) is 0 Å². The van der Waals surface area contributed by atoms with Crippen LogP contribution in [0.2, 0.25) is 0 Å². The van der Waals surface area contributed by atoms with Crippen molar-refractivity contribution in [1.82, 2.24) is 0 Å². The molecular formula is C14H14BrNO5. The number of hydrogen-bond acceptors (Lipinski definition) is 5. The molecule has 1 aromatic rings. The first-order valence-electron chi connectivity index (χ1n) is 6.08. The Bertz CT molecular complexity index is 556. The zero-order chi connectivity index (χ0) is 15.7. The van der Waals surface area contributed by atoms with Gasteiger partial charge in [0.2, 0.25) is 0 Å². The fourth-order valence-corrected chi connectivity index (χ4v) is 1.67. The molecule has 21 heavy (non-hydrogen) atoms. The Morgan fingerprint density at radius 1 is 1.19 bits per heavy atom. The lowest BCUT2D eigenvalue weighted by atomic mass is 10.3. The Hall–Kier alpha value is -2.15. The third kappa shape index (κ3) is 7.26. The fourth-order valence-electron chi connectivity index (χ4n) is 1.27. The molecule has 0 fully saturated rings. The van der Waals surface area contributed by atoms with Gasteiger partial charge in [-0.25, -0.2) is 9.59 Å². The summed E-state index contributed by atoms with van der Waals surface area (Å²) in [4.78, 5) is 33.8. The molecule has 112 valence electrons. The standard InChI is InChI=1S/C14H14BrNO5/c1-2-20-13(18)6-7-14(19)21-9-12(17)16-11-5-3-4-10(15)8-11/h3-8H,2,9H2,1H3,(H,16,17)/b7-6+. The summed E-state index contributed by atoms with van der Waals surface area (Å²) < 4.78 is 10.1. The molecule has 0 heterocycles. The van der Waals surface area contributed by atoms with Crippen molar-refractivity contribution in [2.45, 2.75) is 6.92 Å². The van der Waals surface area contributed by atoms with Crippen molar-refractivity contribution >= 4 is 39.5 Å². The first-order chi connectivity index (χ1) is 10.0. The molecule has 1 aromatic carbocycles. The van der Waals surface area contributed by atoms with Gasteiger partial charge < -0.3 is 14.8 Å². The number of carbonyl (C=O) groups is 3. The van der Waals surface area contributed by atoms with Crippen LogP contribution in [-0.4, -0.2) is 31.1 Å². The Labute approximate surface area is 130 Å². The average molecular weight is 356 g/mol. The maximum absolute atomic E-state index is 11.5. The minimum atomic E-state index is -0.799. The van der Waals surface area contributed by atoms with Crippen LogP contribution in [0.1, 0.15) is 6.92 Å². The summed E-state index contributed by atoms with van der Waals surface area (Å²) in [7, 11) is 0. The van der Waals surface area contributed by atoms with Crippen LogP contribution in [0.4, 0.5) is 5.69 Å². The van der Waals surface area contributed by atoms with Crippen molar-refractivity contribution in [3.63, 3.8) is 0 Å². The van der Waals surface area contributed by atoms with Gasteiger partial charge in [0.1, 0.15) is 0 Å². The topological polar surface area (TPSA) is 81.7 Å². The Morgan fingerprint density at radius 2 is 1.86 bits per heavy atom. The molecule has 0 aliphatic heterocycles. The number of benzene rings is 1. The molecule has 0 radical (unpaired) electrons. The Balaban J connectivity index is 2.36. The predicted molar refractivity (Wildman–Crippen MR) is 79.5 cm³/mol. The average Bonchev–Trinajstić information content (AvgIpc) is 2.43. The lowest BCUT2D eigenvalue weighted by Crippen LogP contribution is -2.20. The van der Waals surface area contributed by atoms with E-state index in [0.717, 1.165) is 16.6 Å². The van der Waals surface area contributed by atoms with Crippen LogP contribution in [0.15, 0.2) is 40.9 Å². The number of amides is 1. The van der Waals surface area contributed by atoms with Crippen LogP contribution in [0.25, 0.3) is 0 Å². The minimum absolute atomic E-state index is 0.216. The van der Waals surface area contributed by atoms with E-state index in [1.165, 1.54) is 0 Å². The van der Waals surface area contributed by atoms with Crippen molar-refractivity contribution in [3.05, 3.63) is 40.9 Å². The van der Waals surface area contributed by atoms with E-state index in [9.17, 15) is 14.4 Å². The molecule has 0 spiro atoms. The molecule has 0 aromatic heterocycles. The molecule has 0 saturated heterocycles. The van der Waals surface area contributed by atoms with E-state index in [2.05, 4.69) is 30.7 Å². The molecule has 0 aliphatic rings. The number of halogens is 1. The van der Waals surface area contributed by atoms with Gasteiger partial charge in [-0.05, 0) is 25.1 Å². The highest BCUT2D eigenvalue weighted by Gasteiger charge is 2.06. The Morgan fingerprint density at radius 3 is 2.48 bits per heavy atom. The van der Waals surface area contributed by atoms with E-state index >= 15 is 0 Å². The van der Waals surface area contributed by atoms with Gasteiger partial charge in [0.25, 0.3) is 5.91 Å². The first-order valence-corrected chi connectivity index (χ1v) is 6.87. The quantitative estimate of drug-likeness (QED) is 0.623. The summed E-state index contributed by atoms with van der Waals surface area (Å²) in [6.45, 7) is 1.42. The van der Waals surface area contributed by atoms with Crippen molar-refractivity contribution < 1.29 is 23.9 Å². The third-order valence-corrected chi connectivity index (χ3v) is 2.59. The number of esters is 2. The number of carbonyl (C=O) groups excluding carboxylic acids is 3. The smallest absolute Gasteiger partial charge is 0.331 e. The number of nitrogens with one attached hydrogen (secondary N) is 1. The molecule has 1 rings (SSSR count). The van der Waals surface area contributed by atoms with E-state index in [1.54, 1.807) is 25.1 Å². The summed E-state index contributed by atoms with van der Waals surface area (Å²) >= 11 is 3.27. The van der Waals surface area contributed by atoms with Gasteiger partial charge in [0, 0.05) is 22.3 Å². The van der Waals surface area contributed by atoms with Gasteiger partial charge in [-0.3, -0.25) is 4.79 Å². The molecule has 0 saturated carbocycles. The highest BCUT2D eigenvalue weighted by molar-refractivity contribution is 9.10. The van der Waals surface area contributed by atoms with E-state index in [1.807, 2.05) is 6.07 Å². The lowest BCUT2D eigenvalue weighted by molar-refractivity contribution is -0.143. The largest absolute Gasteiger partial charge is 0.463 e. The molecule has 0 aliphatic carbocycles. The summed E-state index contributed by atoms with van der Waals surface area (Å²) in [5, 5.41) is 2.56. The zero-order valence-corrected chi connectivity index (χ0v) is 12.9. The van der Waals surface area contributed by atoms with Gasteiger partial charge in [-0.15, -0.1) is 0 Å². The lowest BCUT2D eigenvalue weighted by Gasteiger charge is -2.05. The summed E-state index contributed by atoms with van der Waals surface area (Å²) in [6.07, 6.45) is 1.85. The highest BCUT2D eigenvalue weighted by atomic mass is 79.9. The number of rotatable bonds is 6. The van der Waals surface area contributed by atoms with E-state index in [4.69, 9.17) is 0 Å². The molecular weight excluding hydrogens is 342 g/mol.